The van der Waals surface area contributed by atoms with E-state index in [4.69, 9.17) is 14.6 Å². The third kappa shape index (κ3) is 2.22. The molecule has 1 aliphatic heterocycles. The first-order chi connectivity index (χ1) is 6.53. The highest BCUT2D eigenvalue weighted by Gasteiger charge is 2.47. The second-order valence-electron chi connectivity index (χ2n) is 3.45. The summed E-state index contributed by atoms with van der Waals surface area (Å²) in [5.74, 6) is -2.10. The zero-order chi connectivity index (χ0) is 10.8. The molecule has 0 amide bonds. The number of aliphatic hydroxyl groups is 4. The van der Waals surface area contributed by atoms with Crippen LogP contribution in [0.4, 0.5) is 0 Å². The molecule has 1 heterocycles. The molecule has 14 heavy (non-hydrogen) atoms. The standard InChI is InChI=1S/C8H16O6/c1-13-3-5-2-6(10)7(11)8(12,4-9)14-5/h5-7,9-12H,2-4H2,1H3/t5-,6-,7-,8-/m0/s1. The lowest BCUT2D eigenvalue weighted by molar-refractivity contribution is -0.336. The van der Waals surface area contributed by atoms with E-state index in [9.17, 15) is 15.3 Å². The van der Waals surface area contributed by atoms with Gasteiger partial charge in [0.2, 0.25) is 5.79 Å². The minimum Gasteiger partial charge on any atom is -0.391 e. The number of rotatable bonds is 3. The molecule has 84 valence electrons. The lowest BCUT2D eigenvalue weighted by Crippen LogP contribution is -2.60. The average molecular weight is 208 g/mol. The normalized spacial score (nSPS) is 43.9. The fourth-order valence-electron chi connectivity index (χ4n) is 1.52. The average Bonchev–Trinajstić information content (AvgIpc) is 2.15. The summed E-state index contributed by atoms with van der Waals surface area (Å²) in [4.78, 5) is 0. The molecule has 0 spiro atoms. The Bertz CT molecular complexity index is 187. The molecule has 6 heteroatoms. The van der Waals surface area contributed by atoms with Crippen LogP contribution in [0.25, 0.3) is 0 Å². The van der Waals surface area contributed by atoms with E-state index in [1.54, 1.807) is 0 Å². The van der Waals surface area contributed by atoms with Crippen LogP contribution in [0.2, 0.25) is 0 Å². The summed E-state index contributed by atoms with van der Waals surface area (Å²) in [5, 5.41) is 37.2. The van der Waals surface area contributed by atoms with E-state index in [1.165, 1.54) is 7.11 Å². The second-order valence-corrected chi connectivity index (χ2v) is 3.45. The van der Waals surface area contributed by atoms with Gasteiger partial charge in [0, 0.05) is 13.5 Å². The summed E-state index contributed by atoms with van der Waals surface area (Å²) >= 11 is 0. The molecule has 1 aliphatic rings. The molecule has 0 aromatic heterocycles. The Morgan fingerprint density at radius 2 is 2.14 bits per heavy atom. The quantitative estimate of drug-likeness (QED) is 0.421. The van der Waals surface area contributed by atoms with Crippen molar-refractivity contribution in [2.45, 2.75) is 30.5 Å². The fraction of sp³-hybridized carbons (Fsp3) is 1.00. The first kappa shape index (κ1) is 11.8. The van der Waals surface area contributed by atoms with Crippen LogP contribution >= 0.6 is 0 Å². The lowest BCUT2D eigenvalue weighted by atomic mass is 9.96. The van der Waals surface area contributed by atoms with E-state index in [1.807, 2.05) is 0 Å². The maximum Gasteiger partial charge on any atom is 0.218 e. The SMILES string of the molecule is COC[C@@H]1C[C@H](O)[C@H](O)[C@](O)(CO)O1. The minimum atomic E-state index is -2.10. The molecule has 6 nitrogen and oxygen atoms in total. The number of methoxy groups -OCH3 is 1. The third-order valence-corrected chi connectivity index (χ3v) is 2.28. The molecule has 0 saturated carbocycles. The van der Waals surface area contributed by atoms with E-state index in [0.717, 1.165) is 0 Å². The highest BCUT2D eigenvalue weighted by atomic mass is 16.7. The molecule has 1 rings (SSSR count). The smallest absolute Gasteiger partial charge is 0.218 e. The predicted octanol–water partition coefficient (Wildman–Crippen LogP) is -2.18. The van der Waals surface area contributed by atoms with Gasteiger partial charge in [0.1, 0.15) is 6.10 Å². The first-order valence-corrected chi connectivity index (χ1v) is 4.39. The third-order valence-electron chi connectivity index (χ3n) is 2.28. The van der Waals surface area contributed by atoms with Gasteiger partial charge in [0.25, 0.3) is 0 Å². The summed E-state index contributed by atoms with van der Waals surface area (Å²) in [6.07, 6.45) is -2.99. The second kappa shape index (κ2) is 4.52. The molecule has 0 aliphatic carbocycles. The molecule has 1 fully saturated rings. The van der Waals surface area contributed by atoms with Gasteiger partial charge in [-0.1, -0.05) is 0 Å². The molecule has 4 N–H and O–H groups in total. The Labute approximate surface area is 81.7 Å². The zero-order valence-corrected chi connectivity index (χ0v) is 7.96. The monoisotopic (exact) mass is 208 g/mol. The van der Waals surface area contributed by atoms with Crippen molar-refractivity contribution in [3.05, 3.63) is 0 Å². The van der Waals surface area contributed by atoms with Crippen molar-refractivity contribution in [3.63, 3.8) is 0 Å². The lowest BCUT2D eigenvalue weighted by Gasteiger charge is -2.41. The molecular weight excluding hydrogens is 192 g/mol. The Morgan fingerprint density at radius 1 is 1.50 bits per heavy atom. The fourth-order valence-corrected chi connectivity index (χ4v) is 1.52. The topological polar surface area (TPSA) is 99.4 Å². The summed E-state index contributed by atoms with van der Waals surface area (Å²) in [6, 6.07) is 0. The van der Waals surface area contributed by atoms with Crippen LogP contribution in [0.1, 0.15) is 6.42 Å². The number of hydrogen-bond donors (Lipinski definition) is 4. The van der Waals surface area contributed by atoms with Gasteiger partial charge in [0.15, 0.2) is 0 Å². The molecule has 4 atom stereocenters. The Kier molecular flexibility index (Phi) is 3.82. The van der Waals surface area contributed by atoms with Gasteiger partial charge >= 0.3 is 0 Å². The van der Waals surface area contributed by atoms with Gasteiger partial charge in [-0.3, -0.25) is 0 Å². The van der Waals surface area contributed by atoms with Crippen LogP contribution in [-0.4, -0.2) is 64.8 Å². The van der Waals surface area contributed by atoms with E-state index >= 15 is 0 Å². The van der Waals surface area contributed by atoms with E-state index in [2.05, 4.69) is 0 Å². The van der Waals surface area contributed by atoms with Crippen molar-refractivity contribution in [2.75, 3.05) is 20.3 Å². The van der Waals surface area contributed by atoms with Gasteiger partial charge in [-0.15, -0.1) is 0 Å². The van der Waals surface area contributed by atoms with Gasteiger partial charge in [-0.25, -0.2) is 0 Å². The summed E-state index contributed by atoms with van der Waals surface area (Å²) < 4.78 is 9.81. The molecule has 0 unspecified atom stereocenters. The van der Waals surface area contributed by atoms with Gasteiger partial charge in [-0.2, -0.15) is 0 Å². The summed E-state index contributed by atoms with van der Waals surface area (Å²) in [5.41, 5.74) is 0. The maximum absolute atomic E-state index is 9.58. The van der Waals surface area contributed by atoms with Crippen LogP contribution in [0, 0.1) is 0 Å². The predicted molar refractivity (Wildman–Crippen MR) is 45.4 cm³/mol. The van der Waals surface area contributed by atoms with Crippen LogP contribution in [-0.2, 0) is 9.47 Å². The van der Waals surface area contributed by atoms with Crippen LogP contribution in [0.15, 0.2) is 0 Å². The molecule has 0 aromatic rings. The molecule has 0 bridgehead atoms. The summed E-state index contributed by atoms with van der Waals surface area (Å²) in [7, 11) is 1.46. The minimum absolute atomic E-state index is 0.164. The molecule has 0 aromatic carbocycles. The van der Waals surface area contributed by atoms with Crippen molar-refractivity contribution in [3.8, 4) is 0 Å². The van der Waals surface area contributed by atoms with Gasteiger partial charge < -0.3 is 29.9 Å². The Balaban J connectivity index is 2.66. The number of aliphatic hydroxyl groups excluding tert-OH is 3. The highest BCUT2D eigenvalue weighted by molar-refractivity contribution is 4.90. The first-order valence-electron chi connectivity index (χ1n) is 4.39. The summed E-state index contributed by atoms with van der Waals surface area (Å²) in [6.45, 7) is -0.586. The number of ether oxygens (including phenoxy) is 2. The van der Waals surface area contributed by atoms with Crippen molar-refractivity contribution >= 4 is 0 Å². The van der Waals surface area contributed by atoms with E-state index in [-0.39, 0.29) is 13.0 Å². The molecule has 0 radical (unpaired) electrons. The Morgan fingerprint density at radius 3 is 2.64 bits per heavy atom. The molecular formula is C8H16O6. The zero-order valence-electron chi connectivity index (χ0n) is 7.96. The van der Waals surface area contributed by atoms with Gasteiger partial charge in [-0.05, 0) is 0 Å². The van der Waals surface area contributed by atoms with Crippen molar-refractivity contribution in [1.82, 2.24) is 0 Å². The highest BCUT2D eigenvalue weighted by Crippen LogP contribution is 2.27. The Hall–Kier alpha value is -0.240. The van der Waals surface area contributed by atoms with Crippen molar-refractivity contribution < 1.29 is 29.9 Å². The van der Waals surface area contributed by atoms with E-state index < -0.39 is 30.7 Å². The maximum atomic E-state index is 9.58. The molecule has 1 saturated heterocycles. The van der Waals surface area contributed by atoms with Crippen LogP contribution in [0.5, 0.6) is 0 Å². The van der Waals surface area contributed by atoms with Crippen LogP contribution < -0.4 is 0 Å². The van der Waals surface area contributed by atoms with Gasteiger partial charge in [0.05, 0.1) is 25.4 Å². The van der Waals surface area contributed by atoms with E-state index in [0.29, 0.717) is 0 Å². The van der Waals surface area contributed by atoms with Crippen LogP contribution in [0.3, 0.4) is 0 Å². The largest absolute Gasteiger partial charge is 0.391 e. The van der Waals surface area contributed by atoms with Crippen molar-refractivity contribution in [1.29, 1.82) is 0 Å². The number of hydrogen-bond acceptors (Lipinski definition) is 6. The van der Waals surface area contributed by atoms with Crippen molar-refractivity contribution in [2.24, 2.45) is 0 Å².